The molecule has 4 aromatic rings. The zero-order chi connectivity index (χ0) is 18.0. The minimum atomic E-state index is -0.143. The lowest BCUT2D eigenvalue weighted by Crippen LogP contribution is -2.34. The summed E-state index contributed by atoms with van der Waals surface area (Å²) in [6, 6.07) is 13.4. The molecule has 0 atom stereocenters. The van der Waals surface area contributed by atoms with Crippen molar-refractivity contribution in [2.75, 3.05) is 0 Å². The van der Waals surface area contributed by atoms with Crippen LogP contribution in [0.3, 0.4) is 0 Å². The third kappa shape index (κ3) is 1.37. The van der Waals surface area contributed by atoms with Crippen LogP contribution in [0.4, 0.5) is 0 Å². The summed E-state index contributed by atoms with van der Waals surface area (Å²) in [6.45, 7) is 9.22. The Hall–Kier alpha value is -2.04. The molecule has 127 valence electrons. The summed E-state index contributed by atoms with van der Waals surface area (Å²) >= 11 is 1.75. The normalized spacial score (nSPS) is 18.0. The number of hydrogen-bond donors (Lipinski definition) is 1. The molecule has 0 amide bonds. The number of rotatable bonds is 1. The molecule has 26 heavy (non-hydrogen) atoms. The highest BCUT2D eigenvalue weighted by Crippen LogP contribution is 2.56. The van der Waals surface area contributed by atoms with Crippen molar-refractivity contribution in [2.45, 2.75) is 38.5 Å². The lowest BCUT2D eigenvalue weighted by Gasteiger charge is -2.38. The van der Waals surface area contributed by atoms with Crippen LogP contribution in [0.5, 0.6) is 0 Å². The van der Waals surface area contributed by atoms with Gasteiger partial charge in [-0.1, -0.05) is 64.1 Å². The summed E-state index contributed by atoms with van der Waals surface area (Å²) in [5.74, 6) is 0. The zero-order valence-electron chi connectivity index (χ0n) is 15.3. The number of para-hydroxylation sites is 2. The second-order valence-corrected chi connectivity index (χ2v) is 9.69. The van der Waals surface area contributed by atoms with Gasteiger partial charge in [0, 0.05) is 31.3 Å². The molecule has 0 unspecified atom stereocenters. The van der Waals surface area contributed by atoms with Gasteiger partial charge < -0.3 is 9.59 Å². The van der Waals surface area contributed by atoms with Gasteiger partial charge in [0.2, 0.25) is 0 Å². The van der Waals surface area contributed by atoms with Crippen molar-refractivity contribution in [2.24, 2.45) is 0 Å². The summed E-state index contributed by atoms with van der Waals surface area (Å²) in [4.78, 5) is 1.35. The first-order chi connectivity index (χ1) is 12.4. The minimum Gasteiger partial charge on any atom is -0.449 e. The van der Waals surface area contributed by atoms with E-state index >= 15 is 0 Å². The van der Waals surface area contributed by atoms with E-state index in [-0.39, 0.29) is 10.8 Å². The minimum absolute atomic E-state index is 0.0759. The van der Waals surface area contributed by atoms with Gasteiger partial charge in [0.05, 0.1) is 16.7 Å². The van der Waals surface area contributed by atoms with Gasteiger partial charge in [-0.25, -0.2) is 0 Å². The zero-order valence-corrected chi connectivity index (χ0v) is 16.2. The number of nitrogens with zero attached hydrogens (tertiary/aromatic N) is 1. The Kier molecular flexibility index (Phi) is 2.47. The van der Waals surface area contributed by atoms with Crippen LogP contribution in [-0.2, 0) is 10.8 Å². The van der Waals surface area contributed by atoms with Crippen molar-refractivity contribution < 1.29 is 5.02 Å². The third-order valence-electron chi connectivity index (χ3n) is 6.60. The number of benzene rings is 2. The monoisotopic (exact) mass is 356 g/mol. The van der Waals surface area contributed by atoms with E-state index in [1.54, 1.807) is 11.3 Å². The van der Waals surface area contributed by atoms with Crippen LogP contribution in [0.25, 0.3) is 27.5 Å². The molecule has 4 heteroatoms. The maximum Gasteiger partial charge on any atom is 0.338 e. The maximum absolute atomic E-state index is 10.1. The maximum atomic E-state index is 10.1. The van der Waals surface area contributed by atoms with E-state index in [0.29, 0.717) is 0 Å². The molecule has 0 bridgehead atoms. The molecule has 0 spiro atoms. The summed E-state index contributed by atoms with van der Waals surface area (Å²) < 4.78 is 3.48. The Labute approximate surface area is 157 Å². The van der Waals surface area contributed by atoms with Gasteiger partial charge in [0.25, 0.3) is 0 Å². The molecule has 2 aromatic heterocycles. The molecule has 0 saturated carbocycles. The first kappa shape index (κ1) is 15.1. The molecule has 1 radical (unpaired) electrons. The van der Waals surface area contributed by atoms with E-state index in [0.717, 1.165) is 4.78 Å². The average molecular weight is 356 g/mol. The lowest BCUT2D eigenvalue weighted by atomic mass is 9.69. The average Bonchev–Trinajstić information content (AvgIpc) is 3.17. The van der Waals surface area contributed by atoms with E-state index in [4.69, 9.17) is 0 Å². The molecular formula is C22H19BNOS. The van der Waals surface area contributed by atoms with Crippen LogP contribution in [-0.4, -0.2) is 17.1 Å². The second-order valence-electron chi connectivity index (χ2n) is 8.64. The van der Waals surface area contributed by atoms with Crippen molar-refractivity contribution in [3.63, 3.8) is 0 Å². The number of thiophene rings is 1. The highest BCUT2D eigenvalue weighted by Gasteiger charge is 2.46. The summed E-state index contributed by atoms with van der Waals surface area (Å²) in [7, 11) is 1.31. The van der Waals surface area contributed by atoms with Crippen LogP contribution >= 0.6 is 11.3 Å². The second kappa shape index (κ2) is 4.27. The van der Waals surface area contributed by atoms with Crippen molar-refractivity contribution in [3.8, 4) is 5.69 Å². The van der Waals surface area contributed by atoms with Gasteiger partial charge >= 0.3 is 7.48 Å². The van der Waals surface area contributed by atoms with E-state index in [9.17, 15) is 5.02 Å². The Balaban J connectivity index is 2.03. The summed E-state index contributed by atoms with van der Waals surface area (Å²) in [5.41, 5.74) is 7.75. The topological polar surface area (TPSA) is 25.2 Å². The molecule has 4 heterocycles. The molecule has 2 aliphatic rings. The van der Waals surface area contributed by atoms with Gasteiger partial charge in [-0.05, 0) is 16.7 Å². The number of fused-ring (bicyclic) bond motifs is 1. The van der Waals surface area contributed by atoms with Gasteiger partial charge in [-0.3, -0.25) is 0 Å². The van der Waals surface area contributed by atoms with Crippen LogP contribution in [0.2, 0.25) is 0 Å². The van der Waals surface area contributed by atoms with E-state index in [2.05, 4.69) is 68.7 Å². The lowest BCUT2D eigenvalue weighted by molar-refractivity contribution is 0.601. The summed E-state index contributed by atoms with van der Waals surface area (Å²) in [6.07, 6.45) is 0. The Bertz CT molecular complexity index is 1250. The Morgan fingerprint density at radius 1 is 0.885 bits per heavy atom. The van der Waals surface area contributed by atoms with Crippen LogP contribution in [0.1, 0.15) is 49.3 Å². The van der Waals surface area contributed by atoms with Gasteiger partial charge in [-0.2, -0.15) is 0 Å². The molecule has 1 N–H and O–H groups in total. The molecule has 0 aliphatic carbocycles. The van der Waals surface area contributed by atoms with Crippen molar-refractivity contribution in [1.29, 1.82) is 0 Å². The van der Waals surface area contributed by atoms with Crippen LogP contribution in [0.15, 0.2) is 36.4 Å². The SMILES string of the molecule is CC1(C)c2sc([B]O)c3c2-n2c4c1cccc4c1cccc(c12)C3(C)C. The fraction of sp³-hybridized carbons (Fsp3) is 0.273. The largest absolute Gasteiger partial charge is 0.449 e. The van der Waals surface area contributed by atoms with Gasteiger partial charge in [0.1, 0.15) is 0 Å². The molecule has 0 saturated heterocycles. The summed E-state index contributed by atoms with van der Waals surface area (Å²) in [5, 5.41) is 12.7. The van der Waals surface area contributed by atoms with E-state index in [1.807, 2.05) is 0 Å². The Morgan fingerprint density at radius 3 is 2.04 bits per heavy atom. The standard InChI is InChI=1S/C22H19BNOS/c1-21(2)13-9-5-7-11-12-8-6-10-14-17(12)24(16(11)13)18-15(21)20(23-25)26-19(18)22(14,3)4/h5-10,25H,1-4H3. The highest BCUT2D eigenvalue weighted by atomic mass is 32.1. The third-order valence-corrected chi connectivity index (χ3v) is 8.04. The molecular weight excluding hydrogens is 337 g/mol. The Morgan fingerprint density at radius 2 is 1.46 bits per heavy atom. The van der Waals surface area contributed by atoms with Crippen molar-refractivity contribution >= 4 is 45.4 Å². The van der Waals surface area contributed by atoms with E-state index in [1.165, 1.54) is 56.5 Å². The van der Waals surface area contributed by atoms with Crippen molar-refractivity contribution in [3.05, 3.63) is 58.0 Å². The number of aromatic nitrogens is 1. The predicted octanol–water partition coefficient (Wildman–Crippen LogP) is 4.36. The van der Waals surface area contributed by atoms with E-state index < -0.39 is 0 Å². The van der Waals surface area contributed by atoms with Gasteiger partial charge in [0.15, 0.2) is 0 Å². The molecule has 6 rings (SSSR count). The van der Waals surface area contributed by atoms with Crippen LogP contribution < -0.4 is 4.78 Å². The smallest absolute Gasteiger partial charge is 0.338 e. The molecule has 0 fully saturated rings. The van der Waals surface area contributed by atoms with Crippen molar-refractivity contribution in [1.82, 2.24) is 4.57 Å². The number of hydrogen-bond acceptors (Lipinski definition) is 2. The fourth-order valence-corrected chi connectivity index (χ4v) is 6.76. The highest BCUT2D eigenvalue weighted by molar-refractivity contribution is 7.21. The fourth-order valence-electron chi connectivity index (χ4n) is 5.38. The first-order valence-corrected chi connectivity index (χ1v) is 9.93. The molecule has 2 nitrogen and oxygen atoms in total. The quantitative estimate of drug-likeness (QED) is 0.504. The first-order valence-electron chi connectivity index (χ1n) is 9.11. The predicted molar refractivity (Wildman–Crippen MR) is 111 cm³/mol. The van der Waals surface area contributed by atoms with Crippen LogP contribution in [0, 0.1) is 0 Å². The van der Waals surface area contributed by atoms with Gasteiger partial charge in [-0.15, -0.1) is 11.3 Å². The molecule has 2 aliphatic heterocycles. The molecule has 2 aromatic carbocycles.